The maximum absolute atomic E-state index is 5.60. The Hall–Kier alpha value is -2.57. The maximum Gasteiger partial charge on any atom is 0.244 e. The quantitative estimate of drug-likeness (QED) is 0.893. The Morgan fingerprint density at radius 2 is 1.83 bits per heavy atom. The van der Waals surface area contributed by atoms with Gasteiger partial charge in [0.1, 0.15) is 13.2 Å². The molecular weight excluding hydrogens is 306 g/mol. The molecule has 0 unspecified atom stereocenters. The lowest BCUT2D eigenvalue weighted by atomic mass is 9.96. The SMILES string of the molecule is c1cc2c(cc1Nc1cnnc(NC3CCCCC3)n1)OCCO2. The number of ether oxygens (including phenoxy) is 2. The van der Waals surface area contributed by atoms with Crippen molar-refractivity contribution in [1.82, 2.24) is 15.2 Å². The van der Waals surface area contributed by atoms with Crippen LogP contribution in [-0.2, 0) is 0 Å². The van der Waals surface area contributed by atoms with Gasteiger partial charge >= 0.3 is 0 Å². The first-order chi connectivity index (χ1) is 11.9. The molecule has 7 heteroatoms. The number of benzene rings is 1. The first-order valence-corrected chi connectivity index (χ1v) is 8.50. The third-order valence-electron chi connectivity index (χ3n) is 4.31. The van der Waals surface area contributed by atoms with Gasteiger partial charge in [-0.3, -0.25) is 0 Å². The highest BCUT2D eigenvalue weighted by Crippen LogP contribution is 2.33. The molecule has 7 nitrogen and oxygen atoms in total. The van der Waals surface area contributed by atoms with Crippen molar-refractivity contribution in [2.75, 3.05) is 23.8 Å². The second kappa shape index (κ2) is 6.90. The number of nitrogens with one attached hydrogen (secondary N) is 2. The normalized spacial score (nSPS) is 17.3. The third-order valence-corrected chi connectivity index (χ3v) is 4.31. The molecule has 2 N–H and O–H groups in total. The van der Waals surface area contributed by atoms with Gasteiger partial charge in [-0.05, 0) is 25.0 Å². The third kappa shape index (κ3) is 3.50. The Labute approximate surface area is 140 Å². The zero-order valence-corrected chi connectivity index (χ0v) is 13.5. The smallest absolute Gasteiger partial charge is 0.244 e. The molecule has 1 aliphatic carbocycles. The summed E-state index contributed by atoms with van der Waals surface area (Å²) in [6.45, 7) is 1.16. The molecule has 0 bridgehead atoms. The summed E-state index contributed by atoms with van der Waals surface area (Å²) in [4.78, 5) is 4.51. The standard InChI is InChI=1S/C17H21N5O2/c1-2-4-12(5-3-1)20-17-21-16(11-18-22-17)19-13-6-7-14-15(10-13)24-9-8-23-14/h6-7,10-12H,1-5,8-9H2,(H2,19,20,21,22). The highest BCUT2D eigenvalue weighted by Gasteiger charge is 2.15. The Morgan fingerprint density at radius 3 is 2.71 bits per heavy atom. The molecule has 1 fully saturated rings. The summed E-state index contributed by atoms with van der Waals surface area (Å²) in [6, 6.07) is 6.19. The minimum Gasteiger partial charge on any atom is -0.486 e. The van der Waals surface area contributed by atoms with Crippen molar-refractivity contribution in [2.45, 2.75) is 38.1 Å². The van der Waals surface area contributed by atoms with Crippen molar-refractivity contribution >= 4 is 17.5 Å². The van der Waals surface area contributed by atoms with Crippen LogP contribution in [0, 0.1) is 0 Å². The first kappa shape index (κ1) is 15.0. The molecule has 1 saturated carbocycles. The molecule has 4 rings (SSSR count). The predicted molar refractivity (Wildman–Crippen MR) is 91.0 cm³/mol. The van der Waals surface area contributed by atoms with Crippen LogP contribution in [0.4, 0.5) is 17.5 Å². The van der Waals surface area contributed by atoms with Crippen molar-refractivity contribution in [3.63, 3.8) is 0 Å². The topological polar surface area (TPSA) is 81.2 Å². The van der Waals surface area contributed by atoms with Crippen LogP contribution in [0.1, 0.15) is 32.1 Å². The molecule has 1 aromatic carbocycles. The van der Waals surface area contributed by atoms with E-state index in [1.165, 1.54) is 32.1 Å². The van der Waals surface area contributed by atoms with Crippen LogP contribution in [0.25, 0.3) is 0 Å². The zero-order valence-electron chi connectivity index (χ0n) is 13.5. The molecule has 0 radical (unpaired) electrons. The number of anilines is 3. The highest BCUT2D eigenvalue weighted by molar-refractivity contribution is 5.61. The van der Waals surface area contributed by atoms with Crippen LogP contribution in [0.3, 0.4) is 0 Å². The monoisotopic (exact) mass is 327 g/mol. The van der Waals surface area contributed by atoms with E-state index in [-0.39, 0.29) is 0 Å². The van der Waals surface area contributed by atoms with Crippen LogP contribution < -0.4 is 20.1 Å². The average molecular weight is 327 g/mol. The molecule has 24 heavy (non-hydrogen) atoms. The van der Waals surface area contributed by atoms with Gasteiger partial charge in [-0.2, -0.15) is 10.1 Å². The van der Waals surface area contributed by atoms with Gasteiger partial charge in [-0.15, -0.1) is 5.10 Å². The number of nitrogens with zero attached hydrogens (tertiary/aromatic N) is 3. The number of fused-ring (bicyclic) bond motifs is 1. The van der Waals surface area contributed by atoms with Crippen molar-refractivity contribution in [3.05, 3.63) is 24.4 Å². The number of rotatable bonds is 4. The summed E-state index contributed by atoms with van der Waals surface area (Å²) < 4.78 is 11.1. The van der Waals surface area contributed by atoms with Gasteiger partial charge in [0.2, 0.25) is 5.95 Å². The molecule has 1 aliphatic heterocycles. The van der Waals surface area contributed by atoms with Crippen LogP contribution in [0.15, 0.2) is 24.4 Å². The van der Waals surface area contributed by atoms with E-state index < -0.39 is 0 Å². The molecule has 2 aliphatic rings. The molecule has 2 aromatic rings. The lowest BCUT2D eigenvalue weighted by Gasteiger charge is -2.22. The Bertz CT molecular complexity index is 703. The summed E-state index contributed by atoms with van der Waals surface area (Å²) in [6.07, 6.45) is 7.80. The highest BCUT2D eigenvalue weighted by atomic mass is 16.6. The van der Waals surface area contributed by atoms with E-state index in [0.29, 0.717) is 31.0 Å². The van der Waals surface area contributed by atoms with E-state index in [9.17, 15) is 0 Å². The van der Waals surface area contributed by atoms with Crippen molar-refractivity contribution in [3.8, 4) is 11.5 Å². The lowest BCUT2D eigenvalue weighted by molar-refractivity contribution is 0.171. The summed E-state index contributed by atoms with van der Waals surface area (Å²) in [7, 11) is 0. The van der Waals surface area contributed by atoms with Gasteiger partial charge in [-0.1, -0.05) is 19.3 Å². The molecule has 126 valence electrons. The van der Waals surface area contributed by atoms with Gasteiger partial charge in [0.05, 0.1) is 6.20 Å². The Morgan fingerprint density at radius 1 is 1.00 bits per heavy atom. The zero-order chi connectivity index (χ0) is 16.2. The van der Waals surface area contributed by atoms with Gasteiger partial charge in [0.15, 0.2) is 17.3 Å². The molecule has 1 aromatic heterocycles. The fraction of sp³-hybridized carbons (Fsp3) is 0.471. The van der Waals surface area contributed by atoms with Crippen LogP contribution in [0.2, 0.25) is 0 Å². The number of hydrogen-bond donors (Lipinski definition) is 2. The van der Waals surface area contributed by atoms with E-state index in [2.05, 4.69) is 25.8 Å². The maximum atomic E-state index is 5.60. The molecule has 2 heterocycles. The fourth-order valence-corrected chi connectivity index (χ4v) is 3.12. The predicted octanol–water partition coefficient (Wildman–Crippen LogP) is 3.13. The van der Waals surface area contributed by atoms with E-state index in [0.717, 1.165) is 17.2 Å². The Kier molecular flexibility index (Phi) is 4.31. The molecule has 0 amide bonds. The Balaban J connectivity index is 1.45. The van der Waals surface area contributed by atoms with E-state index >= 15 is 0 Å². The van der Waals surface area contributed by atoms with Gasteiger partial charge < -0.3 is 20.1 Å². The van der Waals surface area contributed by atoms with Crippen LogP contribution >= 0.6 is 0 Å². The summed E-state index contributed by atoms with van der Waals surface area (Å²) in [5.41, 5.74) is 0.878. The number of hydrogen-bond acceptors (Lipinski definition) is 7. The molecule has 0 atom stereocenters. The minimum absolute atomic E-state index is 0.449. The summed E-state index contributed by atoms with van der Waals surface area (Å²) >= 11 is 0. The van der Waals surface area contributed by atoms with Crippen molar-refractivity contribution in [1.29, 1.82) is 0 Å². The van der Waals surface area contributed by atoms with Crippen LogP contribution in [0.5, 0.6) is 11.5 Å². The number of aromatic nitrogens is 3. The van der Waals surface area contributed by atoms with Crippen molar-refractivity contribution < 1.29 is 9.47 Å². The second-order valence-corrected chi connectivity index (χ2v) is 6.13. The summed E-state index contributed by atoms with van der Waals surface area (Å²) in [5, 5.41) is 14.8. The van der Waals surface area contributed by atoms with Crippen molar-refractivity contribution in [2.24, 2.45) is 0 Å². The van der Waals surface area contributed by atoms with Gasteiger partial charge in [0.25, 0.3) is 0 Å². The second-order valence-electron chi connectivity index (χ2n) is 6.13. The fourth-order valence-electron chi connectivity index (χ4n) is 3.12. The molecule has 0 saturated heterocycles. The molecular formula is C17H21N5O2. The van der Waals surface area contributed by atoms with Gasteiger partial charge in [-0.25, -0.2) is 0 Å². The lowest BCUT2D eigenvalue weighted by Crippen LogP contribution is -2.23. The first-order valence-electron chi connectivity index (χ1n) is 8.50. The van der Waals surface area contributed by atoms with E-state index in [1.54, 1.807) is 6.20 Å². The molecule has 0 spiro atoms. The summed E-state index contributed by atoms with van der Waals surface area (Å²) in [5.74, 6) is 2.74. The largest absolute Gasteiger partial charge is 0.486 e. The van der Waals surface area contributed by atoms with E-state index in [1.807, 2.05) is 18.2 Å². The average Bonchev–Trinajstić information content (AvgIpc) is 2.63. The van der Waals surface area contributed by atoms with Gasteiger partial charge in [0, 0.05) is 17.8 Å². The minimum atomic E-state index is 0.449. The van der Waals surface area contributed by atoms with Crippen LogP contribution in [-0.4, -0.2) is 34.4 Å². The van der Waals surface area contributed by atoms with E-state index in [4.69, 9.17) is 9.47 Å².